The molecule has 0 bridgehead atoms. The number of hydrogen-bond donors (Lipinski definition) is 2. The van der Waals surface area contributed by atoms with Gasteiger partial charge in [-0.3, -0.25) is 4.79 Å². The lowest BCUT2D eigenvalue weighted by atomic mass is 10.3. The Kier molecular flexibility index (Phi) is 4.67. The standard InChI is InChI=1S/C9H14N2O3S/c1-6-10-8(5-15-6)9(13)11-7(3-12)4-14-2/h5,7,12H,3-4H2,1-2H3,(H,11,13). The molecule has 6 heteroatoms. The molecule has 0 aliphatic rings. The van der Waals surface area contributed by atoms with Crippen molar-refractivity contribution >= 4 is 17.2 Å². The number of rotatable bonds is 5. The first-order valence-electron chi connectivity index (χ1n) is 4.50. The van der Waals surface area contributed by atoms with Crippen LogP contribution in [-0.2, 0) is 4.74 Å². The maximum Gasteiger partial charge on any atom is 0.271 e. The molecule has 0 saturated heterocycles. The molecule has 15 heavy (non-hydrogen) atoms. The van der Waals surface area contributed by atoms with E-state index < -0.39 is 0 Å². The van der Waals surface area contributed by atoms with Crippen LogP contribution in [0.25, 0.3) is 0 Å². The summed E-state index contributed by atoms with van der Waals surface area (Å²) in [5.74, 6) is -0.282. The number of methoxy groups -OCH3 is 1. The molecule has 1 atom stereocenters. The Balaban J connectivity index is 2.54. The zero-order chi connectivity index (χ0) is 11.3. The summed E-state index contributed by atoms with van der Waals surface area (Å²) in [5.41, 5.74) is 0.382. The summed E-state index contributed by atoms with van der Waals surface area (Å²) in [6.45, 7) is 1.97. The number of carbonyl (C=O) groups is 1. The topological polar surface area (TPSA) is 71.5 Å². The van der Waals surface area contributed by atoms with Gasteiger partial charge in [-0.2, -0.15) is 0 Å². The highest BCUT2D eigenvalue weighted by atomic mass is 32.1. The van der Waals surface area contributed by atoms with E-state index >= 15 is 0 Å². The Labute approximate surface area is 92.1 Å². The van der Waals surface area contributed by atoms with Gasteiger partial charge in [0, 0.05) is 12.5 Å². The molecule has 2 N–H and O–H groups in total. The SMILES string of the molecule is COCC(CO)NC(=O)c1csc(C)n1. The summed E-state index contributed by atoms with van der Waals surface area (Å²) in [4.78, 5) is 15.6. The van der Waals surface area contributed by atoms with Crippen LogP contribution >= 0.6 is 11.3 Å². The molecule has 0 fully saturated rings. The Hall–Kier alpha value is -0.980. The van der Waals surface area contributed by atoms with Crippen molar-refractivity contribution in [2.45, 2.75) is 13.0 Å². The highest BCUT2D eigenvalue weighted by Gasteiger charge is 2.14. The highest BCUT2D eigenvalue weighted by Crippen LogP contribution is 2.07. The van der Waals surface area contributed by atoms with E-state index in [-0.39, 0.29) is 25.2 Å². The Bertz CT molecular complexity index is 327. The van der Waals surface area contributed by atoms with E-state index in [4.69, 9.17) is 9.84 Å². The largest absolute Gasteiger partial charge is 0.394 e. The zero-order valence-corrected chi connectivity index (χ0v) is 9.50. The van der Waals surface area contributed by atoms with Crippen molar-refractivity contribution in [3.63, 3.8) is 0 Å². The van der Waals surface area contributed by atoms with Crippen LogP contribution in [0, 0.1) is 6.92 Å². The molecular formula is C9H14N2O3S. The number of aliphatic hydroxyl groups is 1. The van der Waals surface area contributed by atoms with Crippen molar-refractivity contribution in [2.75, 3.05) is 20.3 Å². The third-order valence-electron chi connectivity index (χ3n) is 1.78. The van der Waals surface area contributed by atoms with E-state index in [1.165, 1.54) is 18.4 Å². The molecule has 1 heterocycles. The first-order valence-corrected chi connectivity index (χ1v) is 5.38. The second-order valence-corrected chi connectivity index (χ2v) is 4.12. The Morgan fingerprint density at radius 1 is 1.80 bits per heavy atom. The fourth-order valence-electron chi connectivity index (χ4n) is 1.07. The van der Waals surface area contributed by atoms with Crippen molar-refractivity contribution in [3.05, 3.63) is 16.1 Å². The van der Waals surface area contributed by atoms with E-state index in [1.54, 1.807) is 5.38 Å². The van der Waals surface area contributed by atoms with Crippen LogP contribution in [0.1, 0.15) is 15.5 Å². The van der Waals surface area contributed by atoms with E-state index in [1.807, 2.05) is 6.92 Å². The van der Waals surface area contributed by atoms with Crippen LogP contribution in [0.5, 0.6) is 0 Å². The van der Waals surface area contributed by atoms with Gasteiger partial charge < -0.3 is 15.2 Å². The lowest BCUT2D eigenvalue weighted by Crippen LogP contribution is -2.40. The lowest BCUT2D eigenvalue weighted by molar-refractivity contribution is 0.0835. The molecular weight excluding hydrogens is 216 g/mol. The van der Waals surface area contributed by atoms with Gasteiger partial charge in [0.15, 0.2) is 0 Å². The number of aromatic nitrogens is 1. The quantitative estimate of drug-likeness (QED) is 0.757. The van der Waals surface area contributed by atoms with Crippen molar-refractivity contribution < 1.29 is 14.6 Å². The number of hydrogen-bond acceptors (Lipinski definition) is 5. The average Bonchev–Trinajstić information content (AvgIpc) is 2.64. The van der Waals surface area contributed by atoms with Gasteiger partial charge in [0.1, 0.15) is 5.69 Å². The molecule has 0 radical (unpaired) electrons. The molecule has 0 aliphatic carbocycles. The third-order valence-corrected chi connectivity index (χ3v) is 2.55. The fourth-order valence-corrected chi connectivity index (χ4v) is 1.66. The van der Waals surface area contributed by atoms with E-state index in [2.05, 4.69) is 10.3 Å². The molecule has 5 nitrogen and oxygen atoms in total. The van der Waals surface area contributed by atoms with Gasteiger partial charge >= 0.3 is 0 Å². The maximum absolute atomic E-state index is 11.6. The number of carbonyl (C=O) groups excluding carboxylic acids is 1. The maximum atomic E-state index is 11.6. The minimum Gasteiger partial charge on any atom is -0.394 e. The van der Waals surface area contributed by atoms with Crippen LogP contribution in [-0.4, -0.2) is 42.4 Å². The number of nitrogens with one attached hydrogen (secondary N) is 1. The highest BCUT2D eigenvalue weighted by molar-refractivity contribution is 7.09. The molecule has 1 aromatic rings. The summed E-state index contributed by atoms with van der Waals surface area (Å²) in [5, 5.41) is 14.1. The van der Waals surface area contributed by atoms with Gasteiger partial charge in [0.2, 0.25) is 0 Å². The van der Waals surface area contributed by atoms with Gasteiger partial charge in [-0.05, 0) is 6.92 Å². The number of aryl methyl sites for hydroxylation is 1. The molecule has 0 spiro atoms. The second-order valence-electron chi connectivity index (χ2n) is 3.06. The second kappa shape index (κ2) is 5.79. The van der Waals surface area contributed by atoms with Crippen LogP contribution in [0.4, 0.5) is 0 Å². The van der Waals surface area contributed by atoms with Gasteiger partial charge in [0.05, 0.1) is 24.3 Å². The normalized spacial score (nSPS) is 12.5. The molecule has 0 aliphatic heterocycles. The van der Waals surface area contributed by atoms with Crippen LogP contribution in [0.15, 0.2) is 5.38 Å². The molecule has 1 aromatic heterocycles. The predicted octanol–water partition coefficient (Wildman–Crippen LogP) is 0.189. The van der Waals surface area contributed by atoms with Gasteiger partial charge in [-0.1, -0.05) is 0 Å². The monoisotopic (exact) mass is 230 g/mol. The molecule has 1 rings (SSSR count). The minimum atomic E-state index is -0.385. The van der Waals surface area contributed by atoms with Crippen molar-refractivity contribution in [3.8, 4) is 0 Å². The van der Waals surface area contributed by atoms with Gasteiger partial charge in [0.25, 0.3) is 5.91 Å². The number of nitrogens with zero attached hydrogens (tertiary/aromatic N) is 1. The number of amides is 1. The third kappa shape index (κ3) is 3.58. The summed E-state index contributed by atoms with van der Waals surface area (Å²) in [6, 6.07) is -0.385. The summed E-state index contributed by atoms with van der Waals surface area (Å²) in [7, 11) is 1.52. The average molecular weight is 230 g/mol. The minimum absolute atomic E-state index is 0.150. The van der Waals surface area contributed by atoms with Crippen LogP contribution < -0.4 is 5.32 Å². The number of aliphatic hydroxyl groups excluding tert-OH is 1. The molecule has 0 saturated carbocycles. The summed E-state index contributed by atoms with van der Waals surface area (Å²) < 4.78 is 4.84. The van der Waals surface area contributed by atoms with Crippen molar-refractivity contribution in [2.24, 2.45) is 0 Å². The van der Waals surface area contributed by atoms with Crippen LogP contribution in [0.2, 0.25) is 0 Å². The molecule has 1 amide bonds. The lowest BCUT2D eigenvalue weighted by Gasteiger charge is -2.13. The first-order chi connectivity index (χ1) is 7.17. The number of ether oxygens (including phenoxy) is 1. The molecule has 84 valence electrons. The van der Waals surface area contributed by atoms with Crippen LogP contribution in [0.3, 0.4) is 0 Å². The summed E-state index contributed by atoms with van der Waals surface area (Å²) >= 11 is 1.42. The smallest absolute Gasteiger partial charge is 0.271 e. The van der Waals surface area contributed by atoms with Gasteiger partial charge in [-0.15, -0.1) is 11.3 Å². The summed E-state index contributed by atoms with van der Waals surface area (Å²) in [6.07, 6.45) is 0. The van der Waals surface area contributed by atoms with E-state index in [0.717, 1.165) is 5.01 Å². The predicted molar refractivity (Wildman–Crippen MR) is 57.1 cm³/mol. The van der Waals surface area contributed by atoms with Crippen molar-refractivity contribution in [1.29, 1.82) is 0 Å². The molecule has 0 aromatic carbocycles. The fraction of sp³-hybridized carbons (Fsp3) is 0.556. The van der Waals surface area contributed by atoms with Crippen molar-refractivity contribution in [1.82, 2.24) is 10.3 Å². The number of thiazole rings is 1. The van der Waals surface area contributed by atoms with E-state index in [9.17, 15) is 4.79 Å². The Morgan fingerprint density at radius 3 is 3.00 bits per heavy atom. The Morgan fingerprint density at radius 2 is 2.53 bits per heavy atom. The van der Waals surface area contributed by atoms with E-state index in [0.29, 0.717) is 5.69 Å². The zero-order valence-electron chi connectivity index (χ0n) is 8.69. The first kappa shape index (κ1) is 12.1. The molecule has 1 unspecified atom stereocenters. The van der Waals surface area contributed by atoms with Gasteiger partial charge in [-0.25, -0.2) is 4.98 Å².